The van der Waals surface area contributed by atoms with Gasteiger partial charge >= 0.3 is 6.01 Å². The van der Waals surface area contributed by atoms with Crippen molar-refractivity contribution in [3.05, 3.63) is 5.89 Å². The minimum absolute atomic E-state index is 0.0180. The molecular weight excluding hydrogens is 256 g/mol. The first-order valence-electron chi connectivity index (χ1n) is 7.62. The summed E-state index contributed by atoms with van der Waals surface area (Å²) < 4.78 is 5.52. The van der Waals surface area contributed by atoms with Crippen LogP contribution >= 0.6 is 0 Å². The van der Waals surface area contributed by atoms with Gasteiger partial charge < -0.3 is 9.73 Å². The number of amides is 1. The third kappa shape index (κ3) is 3.79. The summed E-state index contributed by atoms with van der Waals surface area (Å²) in [6, 6.07) is 0.351. The summed E-state index contributed by atoms with van der Waals surface area (Å²) in [5.74, 6) is 0.574. The van der Waals surface area contributed by atoms with E-state index in [1.165, 1.54) is 0 Å². The lowest BCUT2D eigenvalue weighted by atomic mass is 9.99. The topological polar surface area (TPSA) is 80.0 Å². The highest BCUT2D eigenvalue weighted by molar-refractivity contribution is 5.90. The fourth-order valence-electron chi connectivity index (χ4n) is 2.50. The van der Waals surface area contributed by atoms with E-state index in [4.69, 9.17) is 4.42 Å². The summed E-state index contributed by atoms with van der Waals surface area (Å²) >= 11 is 0. The molecule has 0 saturated carbocycles. The average Bonchev–Trinajstić information content (AvgIpc) is 3.09. The summed E-state index contributed by atoms with van der Waals surface area (Å²) in [5.41, 5.74) is 0. The van der Waals surface area contributed by atoms with Crippen LogP contribution < -0.4 is 10.6 Å². The second kappa shape index (κ2) is 7.38. The number of unbranched alkanes of at least 4 members (excludes halogenated alkanes) is 1. The van der Waals surface area contributed by atoms with E-state index in [1.54, 1.807) is 0 Å². The molecule has 1 aromatic heterocycles. The van der Waals surface area contributed by atoms with Crippen LogP contribution in [0.3, 0.4) is 0 Å². The van der Waals surface area contributed by atoms with Crippen molar-refractivity contribution in [1.29, 1.82) is 0 Å². The number of hydrogen-bond acceptors (Lipinski definition) is 5. The summed E-state index contributed by atoms with van der Waals surface area (Å²) in [4.78, 5) is 12.1. The van der Waals surface area contributed by atoms with Crippen LogP contribution in [0.15, 0.2) is 4.42 Å². The smallest absolute Gasteiger partial charge is 0.322 e. The number of anilines is 1. The molecule has 0 spiro atoms. The SMILES string of the molecule is CCCCC(CC)C(=O)Nc1nnc(C2CCCN2)o1. The Morgan fingerprint density at radius 3 is 3.00 bits per heavy atom. The van der Waals surface area contributed by atoms with Crippen LogP contribution in [0.4, 0.5) is 6.01 Å². The molecule has 112 valence electrons. The van der Waals surface area contributed by atoms with Crippen LogP contribution in [0.25, 0.3) is 0 Å². The predicted molar refractivity (Wildman–Crippen MR) is 76.2 cm³/mol. The van der Waals surface area contributed by atoms with Crippen molar-refractivity contribution in [2.24, 2.45) is 5.92 Å². The molecule has 1 amide bonds. The third-order valence-electron chi connectivity index (χ3n) is 3.80. The molecule has 1 aliphatic heterocycles. The highest BCUT2D eigenvalue weighted by atomic mass is 16.4. The normalized spacial score (nSPS) is 20.0. The third-order valence-corrected chi connectivity index (χ3v) is 3.80. The first-order chi connectivity index (χ1) is 9.74. The van der Waals surface area contributed by atoms with Gasteiger partial charge in [0.05, 0.1) is 6.04 Å². The Labute approximate surface area is 119 Å². The van der Waals surface area contributed by atoms with Crippen molar-refractivity contribution in [1.82, 2.24) is 15.5 Å². The molecule has 0 aliphatic carbocycles. The number of rotatable bonds is 7. The van der Waals surface area contributed by atoms with Gasteiger partial charge in [-0.25, -0.2) is 0 Å². The minimum atomic E-state index is -0.0180. The molecule has 0 aromatic carbocycles. The van der Waals surface area contributed by atoms with Gasteiger partial charge in [0.15, 0.2) is 0 Å². The molecule has 1 fully saturated rings. The summed E-state index contributed by atoms with van der Waals surface area (Å²) in [6.07, 6.45) is 6.02. The molecule has 2 unspecified atom stereocenters. The van der Waals surface area contributed by atoms with Crippen molar-refractivity contribution >= 4 is 11.9 Å². The number of nitrogens with zero attached hydrogens (tertiary/aromatic N) is 2. The molecule has 2 atom stereocenters. The van der Waals surface area contributed by atoms with Gasteiger partial charge in [0.2, 0.25) is 11.8 Å². The standard InChI is InChI=1S/C14H24N4O2/c1-3-5-7-10(4-2)12(19)16-14-18-17-13(20-14)11-8-6-9-15-11/h10-11,15H,3-9H2,1-2H3,(H,16,18,19). The molecule has 2 heterocycles. The fourth-order valence-corrected chi connectivity index (χ4v) is 2.50. The molecule has 0 bridgehead atoms. The van der Waals surface area contributed by atoms with Crippen molar-refractivity contribution in [2.45, 2.75) is 58.4 Å². The molecule has 6 nitrogen and oxygen atoms in total. The number of hydrogen-bond donors (Lipinski definition) is 2. The Kier molecular flexibility index (Phi) is 5.52. The van der Waals surface area contributed by atoms with Gasteiger partial charge in [-0.3, -0.25) is 10.1 Å². The predicted octanol–water partition coefficient (Wildman–Crippen LogP) is 2.65. The molecular formula is C14H24N4O2. The van der Waals surface area contributed by atoms with E-state index in [1.807, 2.05) is 6.92 Å². The Balaban J connectivity index is 1.90. The van der Waals surface area contributed by atoms with Gasteiger partial charge in [-0.15, -0.1) is 5.10 Å². The molecule has 6 heteroatoms. The summed E-state index contributed by atoms with van der Waals surface area (Å²) in [5, 5.41) is 13.9. The molecule has 1 aliphatic rings. The highest BCUT2D eigenvalue weighted by Gasteiger charge is 2.23. The molecule has 0 radical (unpaired) electrons. The van der Waals surface area contributed by atoms with Crippen LogP contribution in [0.1, 0.15) is 64.3 Å². The lowest BCUT2D eigenvalue weighted by Gasteiger charge is -2.12. The Bertz CT molecular complexity index is 427. The van der Waals surface area contributed by atoms with Crippen molar-refractivity contribution in [2.75, 3.05) is 11.9 Å². The maximum Gasteiger partial charge on any atom is 0.322 e. The molecule has 1 saturated heterocycles. The van der Waals surface area contributed by atoms with Crippen molar-refractivity contribution in [3.63, 3.8) is 0 Å². The lowest BCUT2D eigenvalue weighted by molar-refractivity contribution is -0.120. The zero-order valence-corrected chi connectivity index (χ0v) is 12.3. The molecule has 1 aromatic rings. The van der Waals surface area contributed by atoms with Gasteiger partial charge in [-0.1, -0.05) is 31.8 Å². The maximum atomic E-state index is 12.1. The van der Waals surface area contributed by atoms with Gasteiger partial charge in [0, 0.05) is 5.92 Å². The minimum Gasteiger partial charge on any atom is -0.406 e. The number of aromatic nitrogens is 2. The van der Waals surface area contributed by atoms with Crippen molar-refractivity contribution in [3.8, 4) is 0 Å². The first kappa shape index (κ1) is 15.0. The van der Waals surface area contributed by atoms with E-state index in [0.717, 1.165) is 45.1 Å². The van der Waals surface area contributed by atoms with Crippen LogP contribution in [0.2, 0.25) is 0 Å². The number of nitrogens with one attached hydrogen (secondary N) is 2. The van der Waals surface area contributed by atoms with Gasteiger partial charge in [-0.05, 0) is 32.2 Å². The van der Waals surface area contributed by atoms with E-state index in [-0.39, 0.29) is 23.9 Å². The fraction of sp³-hybridized carbons (Fsp3) is 0.786. The second-order valence-corrected chi connectivity index (χ2v) is 5.33. The average molecular weight is 280 g/mol. The Hall–Kier alpha value is -1.43. The Morgan fingerprint density at radius 1 is 1.50 bits per heavy atom. The van der Waals surface area contributed by atoms with E-state index >= 15 is 0 Å². The first-order valence-corrected chi connectivity index (χ1v) is 7.62. The zero-order chi connectivity index (χ0) is 14.4. The summed E-state index contributed by atoms with van der Waals surface area (Å²) in [7, 11) is 0. The van der Waals surface area contributed by atoms with E-state index in [9.17, 15) is 4.79 Å². The quantitative estimate of drug-likeness (QED) is 0.802. The van der Waals surface area contributed by atoms with Crippen LogP contribution in [-0.4, -0.2) is 22.6 Å². The van der Waals surface area contributed by atoms with E-state index < -0.39 is 0 Å². The van der Waals surface area contributed by atoms with Gasteiger partial charge in [0.25, 0.3) is 0 Å². The number of carbonyl (C=O) groups excluding carboxylic acids is 1. The monoisotopic (exact) mass is 280 g/mol. The Morgan fingerprint density at radius 2 is 2.35 bits per heavy atom. The zero-order valence-electron chi connectivity index (χ0n) is 12.3. The van der Waals surface area contributed by atoms with Crippen LogP contribution in [-0.2, 0) is 4.79 Å². The molecule has 20 heavy (non-hydrogen) atoms. The van der Waals surface area contributed by atoms with Gasteiger partial charge in [0.1, 0.15) is 0 Å². The maximum absolute atomic E-state index is 12.1. The second-order valence-electron chi connectivity index (χ2n) is 5.33. The van der Waals surface area contributed by atoms with Gasteiger partial charge in [-0.2, -0.15) is 0 Å². The van der Waals surface area contributed by atoms with Crippen LogP contribution in [0.5, 0.6) is 0 Å². The molecule has 2 N–H and O–H groups in total. The lowest BCUT2D eigenvalue weighted by Crippen LogP contribution is -2.22. The van der Waals surface area contributed by atoms with Crippen molar-refractivity contribution < 1.29 is 9.21 Å². The van der Waals surface area contributed by atoms with Crippen LogP contribution in [0, 0.1) is 5.92 Å². The highest BCUT2D eigenvalue weighted by Crippen LogP contribution is 2.23. The number of carbonyl (C=O) groups is 1. The van der Waals surface area contributed by atoms with E-state index in [2.05, 4.69) is 27.8 Å². The largest absolute Gasteiger partial charge is 0.406 e. The molecule has 2 rings (SSSR count). The van der Waals surface area contributed by atoms with E-state index in [0.29, 0.717) is 5.89 Å². The summed E-state index contributed by atoms with van der Waals surface area (Å²) in [6.45, 7) is 5.13.